The van der Waals surface area contributed by atoms with Crippen LogP contribution in [-0.4, -0.2) is 14.8 Å². The molecular formula is C23H20ClN5O2. The lowest BCUT2D eigenvalue weighted by Gasteiger charge is -2.19. The Labute approximate surface area is 183 Å². The lowest BCUT2D eigenvalue weighted by atomic mass is 9.99. The quantitative estimate of drug-likeness (QED) is 0.459. The molecule has 0 amide bonds. The van der Waals surface area contributed by atoms with E-state index in [1.165, 1.54) is 0 Å². The number of nitriles is 1. The molecule has 0 aliphatic rings. The Morgan fingerprint density at radius 3 is 2.71 bits per heavy atom. The molecule has 7 nitrogen and oxygen atoms in total. The molecule has 1 unspecified atom stereocenters. The van der Waals surface area contributed by atoms with Crippen molar-refractivity contribution in [1.29, 1.82) is 5.26 Å². The zero-order valence-corrected chi connectivity index (χ0v) is 18.3. The van der Waals surface area contributed by atoms with Crippen LogP contribution in [0.2, 0.25) is 5.15 Å². The fourth-order valence-electron chi connectivity index (χ4n) is 3.68. The molecule has 8 heteroatoms. The monoisotopic (exact) mass is 433 g/mol. The number of aryl methyl sites for hydroxylation is 2. The van der Waals surface area contributed by atoms with Gasteiger partial charge in [0.05, 0.1) is 17.1 Å². The molecule has 3 heterocycles. The Morgan fingerprint density at radius 1 is 1.26 bits per heavy atom. The molecule has 156 valence electrons. The number of nitrogens with zero attached hydrogens (tertiary/aromatic N) is 4. The third-order valence-corrected chi connectivity index (χ3v) is 5.46. The molecule has 31 heavy (non-hydrogen) atoms. The standard InChI is InChI=1S/C23H20ClN5O2/c1-12-9-15(14(3)27-17-5-6-20(24)28-18(17)11-25)23-16(10-12)21(30)13(2)22(31-23)19-7-8-26-29(19)4/h5-10,14,27H,1-4H3. The summed E-state index contributed by atoms with van der Waals surface area (Å²) in [6, 6.07) is 10.7. The molecular weight excluding hydrogens is 414 g/mol. The molecule has 0 spiro atoms. The molecule has 1 N–H and O–H groups in total. The number of rotatable bonds is 4. The summed E-state index contributed by atoms with van der Waals surface area (Å²) in [6.45, 7) is 5.63. The van der Waals surface area contributed by atoms with E-state index in [0.29, 0.717) is 28.0 Å². The van der Waals surface area contributed by atoms with Gasteiger partial charge in [-0.15, -0.1) is 0 Å². The summed E-state index contributed by atoms with van der Waals surface area (Å²) in [5.74, 6) is 0.487. The first kappa shape index (κ1) is 20.6. The predicted octanol–water partition coefficient (Wildman–Crippen LogP) is 4.90. The second-order valence-electron chi connectivity index (χ2n) is 7.46. The van der Waals surface area contributed by atoms with E-state index in [1.807, 2.05) is 32.0 Å². The molecule has 1 atom stereocenters. The van der Waals surface area contributed by atoms with Crippen molar-refractivity contribution in [3.8, 4) is 17.5 Å². The number of halogens is 1. The topological polar surface area (TPSA) is 96.7 Å². The molecule has 0 aliphatic carbocycles. The van der Waals surface area contributed by atoms with E-state index in [2.05, 4.69) is 21.5 Å². The smallest absolute Gasteiger partial charge is 0.196 e. The normalized spacial score (nSPS) is 12.0. The van der Waals surface area contributed by atoms with Crippen molar-refractivity contribution in [1.82, 2.24) is 14.8 Å². The largest absolute Gasteiger partial charge is 0.454 e. The number of hydrogen-bond donors (Lipinski definition) is 1. The Hall–Kier alpha value is -3.63. The lowest BCUT2D eigenvalue weighted by Crippen LogP contribution is -2.13. The van der Waals surface area contributed by atoms with Crippen molar-refractivity contribution in [2.75, 3.05) is 5.32 Å². The molecule has 4 aromatic rings. The molecule has 0 bridgehead atoms. The first-order valence-electron chi connectivity index (χ1n) is 9.69. The summed E-state index contributed by atoms with van der Waals surface area (Å²) in [4.78, 5) is 17.3. The molecule has 0 radical (unpaired) electrons. The third kappa shape index (κ3) is 3.66. The SMILES string of the molecule is Cc1cc(C(C)Nc2ccc(Cl)nc2C#N)c2oc(-c3ccnn3C)c(C)c(=O)c2c1. The van der Waals surface area contributed by atoms with Gasteiger partial charge in [0, 0.05) is 24.4 Å². The van der Waals surface area contributed by atoms with Crippen LogP contribution >= 0.6 is 11.6 Å². The maximum atomic E-state index is 13.2. The fourth-order valence-corrected chi connectivity index (χ4v) is 3.83. The summed E-state index contributed by atoms with van der Waals surface area (Å²) in [5, 5.41) is 17.7. The Morgan fingerprint density at radius 2 is 2.03 bits per heavy atom. The predicted molar refractivity (Wildman–Crippen MR) is 120 cm³/mol. The van der Waals surface area contributed by atoms with Crippen LogP contribution in [0.25, 0.3) is 22.4 Å². The van der Waals surface area contributed by atoms with Gasteiger partial charge < -0.3 is 9.73 Å². The highest BCUT2D eigenvalue weighted by molar-refractivity contribution is 6.29. The van der Waals surface area contributed by atoms with E-state index >= 15 is 0 Å². The highest BCUT2D eigenvalue weighted by atomic mass is 35.5. The molecule has 4 rings (SSSR count). The van der Waals surface area contributed by atoms with Crippen LogP contribution in [0.15, 0.2) is 45.7 Å². The maximum Gasteiger partial charge on any atom is 0.196 e. The van der Waals surface area contributed by atoms with Gasteiger partial charge in [-0.05, 0) is 50.6 Å². The van der Waals surface area contributed by atoms with Gasteiger partial charge in [0.25, 0.3) is 0 Å². The Bertz CT molecular complexity index is 1410. The average molecular weight is 434 g/mol. The van der Waals surface area contributed by atoms with Gasteiger partial charge in [-0.25, -0.2) is 4.98 Å². The van der Waals surface area contributed by atoms with E-state index in [4.69, 9.17) is 16.0 Å². The lowest BCUT2D eigenvalue weighted by molar-refractivity contribution is 0.594. The number of fused-ring (bicyclic) bond motifs is 1. The first-order valence-corrected chi connectivity index (χ1v) is 10.1. The summed E-state index contributed by atoms with van der Waals surface area (Å²) >= 11 is 5.91. The van der Waals surface area contributed by atoms with Crippen LogP contribution in [-0.2, 0) is 7.05 Å². The minimum atomic E-state index is -0.275. The molecule has 0 saturated heterocycles. The average Bonchev–Trinajstić information content (AvgIpc) is 3.17. The molecule has 3 aromatic heterocycles. The highest BCUT2D eigenvalue weighted by Crippen LogP contribution is 2.32. The number of pyridine rings is 1. The number of benzene rings is 1. The number of nitrogens with one attached hydrogen (secondary N) is 1. The van der Waals surface area contributed by atoms with Crippen molar-refractivity contribution in [2.45, 2.75) is 26.8 Å². The van der Waals surface area contributed by atoms with Gasteiger partial charge in [0.1, 0.15) is 22.5 Å². The van der Waals surface area contributed by atoms with Gasteiger partial charge in [0.2, 0.25) is 0 Å². The minimum absolute atomic E-state index is 0.0829. The molecule has 0 aliphatic heterocycles. The molecule has 0 saturated carbocycles. The van der Waals surface area contributed by atoms with E-state index in [9.17, 15) is 10.1 Å². The van der Waals surface area contributed by atoms with E-state index in [1.54, 1.807) is 37.0 Å². The zero-order valence-electron chi connectivity index (χ0n) is 17.5. The van der Waals surface area contributed by atoms with Crippen molar-refractivity contribution >= 4 is 28.3 Å². The van der Waals surface area contributed by atoms with Crippen molar-refractivity contribution in [2.24, 2.45) is 7.05 Å². The Kier molecular flexibility index (Phi) is 5.25. The summed E-state index contributed by atoms with van der Waals surface area (Å²) < 4.78 is 7.99. The van der Waals surface area contributed by atoms with E-state index in [0.717, 1.165) is 16.8 Å². The van der Waals surface area contributed by atoms with Crippen LogP contribution in [0.4, 0.5) is 5.69 Å². The molecule has 1 aromatic carbocycles. The minimum Gasteiger partial charge on any atom is -0.454 e. The first-order chi connectivity index (χ1) is 14.8. The second-order valence-corrected chi connectivity index (χ2v) is 7.85. The van der Waals surface area contributed by atoms with Crippen molar-refractivity contribution in [3.05, 3.63) is 74.3 Å². The zero-order chi connectivity index (χ0) is 22.3. The van der Waals surface area contributed by atoms with Crippen LogP contribution in [0.3, 0.4) is 0 Å². The second kappa shape index (κ2) is 7.89. The van der Waals surface area contributed by atoms with E-state index in [-0.39, 0.29) is 22.3 Å². The fraction of sp³-hybridized carbons (Fsp3) is 0.217. The van der Waals surface area contributed by atoms with Gasteiger partial charge in [-0.2, -0.15) is 10.4 Å². The summed E-state index contributed by atoms with van der Waals surface area (Å²) in [5.41, 5.74) is 4.15. The van der Waals surface area contributed by atoms with Crippen LogP contribution in [0.5, 0.6) is 0 Å². The number of hydrogen-bond acceptors (Lipinski definition) is 6. The molecule has 0 fully saturated rings. The summed E-state index contributed by atoms with van der Waals surface area (Å²) in [7, 11) is 1.80. The van der Waals surface area contributed by atoms with Crippen molar-refractivity contribution < 1.29 is 4.42 Å². The van der Waals surface area contributed by atoms with Crippen LogP contribution in [0.1, 0.15) is 35.3 Å². The maximum absolute atomic E-state index is 13.2. The summed E-state index contributed by atoms with van der Waals surface area (Å²) in [6.07, 6.45) is 1.66. The van der Waals surface area contributed by atoms with Gasteiger partial charge in [-0.1, -0.05) is 17.7 Å². The van der Waals surface area contributed by atoms with Crippen LogP contribution < -0.4 is 10.7 Å². The Balaban J connectivity index is 1.90. The van der Waals surface area contributed by atoms with Crippen molar-refractivity contribution in [3.63, 3.8) is 0 Å². The van der Waals surface area contributed by atoms with Gasteiger partial charge >= 0.3 is 0 Å². The van der Waals surface area contributed by atoms with Gasteiger partial charge in [-0.3, -0.25) is 9.48 Å². The van der Waals surface area contributed by atoms with Gasteiger partial charge in [0.15, 0.2) is 16.9 Å². The number of anilines is 1. The number of aromatic nitrogens is 3. The third-order valence-electron chi connectivity index (χ3n) is 5.25. The van der Waals surface area contributed by atoms with Crippen LogP contribution in [0, 0.1) is 25.2 Å². The van der Waals surface area contributed by atoms with E-state index < -0.39 is 0 Å². The highest BCUT2D eigenvalue weighted by Gasteiger charge is 2.20.